The Morgan fingerprint density at radius 1 is 1.89 bits per heavy atom. The molecule has 0 saturated heterocycles. The maximum Gasteiger partial charge on any atom is 0.313 e. The van der Waals surface area contributed by atoms with Crippen LogP contribution in [-0.4, -0.2) is 5.97 Å². The SMILES string of the molecule is C=COC(=O)[C@H](C)CC. The average molecular weight is 128 g/mol. The highest BCUT2D eigenvalue weighted by molar-refractivity contribution is 5.72. The molecule has 0 aliphatic carbocycles. The first kappa shape index (κ1) is 8.21. The molecule has 0 radical (unpaired) electrons. The van der Waals surface area contributed by atoms with Crippen molar-refractivity contribution in [3.8, 4) is 0 Å². The highest BCUT2D eigenvalue weighted by atomic mass is 16.5. The van der Waals surface area contributed by atoms with Crippen molar-refractivity contribution in [1.29, 1.82) is 0 Å². The van der Waals surface area contributed by atoms with Crippen LogP contribution in [0.2, 0.25) is 0 Å². The summed E-state index contributed by atoms with van der Waals surface area (Å²) in [6.45, 7) is 7.04. The van der Waals surface area contributed by atoms with Gasteiger partial charge in [-0.25, -0.2) is 0 Å². The van der Waals surface area contributed by atoms with Crippen LogP contribution >= 0.6 is 0 Å². The molecule has 0 N–H and O–H groups in total. The van der Waals surface area contributed by atoms with Crippen LogP contribution in [0, 0.1) is 5.92 Å². The van der Waals surface area contributed by atoms with Crippen molar-refractivity contribution in [3.05, 3.63) is 12.8 Å². The van der Waals surface area contributed by atoms with Gasteiger partial charge in [0.2, 0.25) is 0 Å². The van der Waals surface area contributed by atoms with E-state index in [-0.39, 0.29) is 11.9 Å². The minimum absolute atomic E-state index is 0.0111. The van der Waals surface area contributed by atoms with E-state index in [0.29, 0.717) is 0 Å². The second-order valence-electron chi connectivity index (χ2n) is 1.91. The van der Waals surface area contributed by atoms with Gasteiger partial charge in [0.15, 0.2) is 0 Å². The summed E-state index contributed by atoms with van der Waals surface area (Å²) in [6.07, 6.45) is 1.97. The third-order valence-electron chi connectivity index (χ3n) is 1.21. The first-order valence-electron chi connectivity index (χ1n) is 3.03. The molecule has 0 aromatic heterocycles. The lowest BCUT2D eigenvalue weighted by atomic mass is 10.1. The van der Waals surface area contributed by atoms with E-state index in [1.165, 1.54) is 0 Å². The summed E-state index contributed by atoms with van der Waals surface area (Å²) < 4.78 is 4.52. The van der Waals surface area contributed by atoms with Gasteiger partial charge in [0.1, 0.15) is 0 Å². The van der Waals surface area contributed by atoms with Gasteiger partial charge in [-0.05, 0) is 6.42 Å². The largest absolute Gasteiger partial charge is 0.435 e. The summed E-state index contributed by atoms with van der Waals surface area (Å²) in [4.78, 5) is 10.7. The topological polar surface area (TPSA) is 26.3 Å². The number of esters is 1. The molecule has 0 fully saturated rings. The number of carbonyl (C=O) groups is 1. The van der Waals surface area contributed by atoms with Gasteiger partial charge < -0.3 is 4.74 Å². The van der Waals surface area contributed by atoms with Crippen LogP contribution in [0.15, 0.2) is 12.8 Å². The molecule has 0 unspecified atom stereocenters. The zero-order chi connectivity index (χ0) is 7.28. The van der Waals surface area contributed by atoms with Crippen LogP contribution < -0.4 is 0 Å². The Hall–Kier alpha value is -0.790. The molecule has 0 aromatic carbocycles. The van der Waals surface area contributed by atoms with Crippen molar-refractivity contribution in [3.63, 3.8) is 0 Å². The number of hydrogen-bond acceptors (Lipinski definition) is 2. The highest BCUT2D eigenvalue weighted by Gasteiger charge is 2.09. The van der Waals surface area contributed by atoms with Crippen LogP contribution in [0.5, 0.6) is 0 Å². The van der Waals surface area contributed by atoms with Gasteiger partial charge in [-0.1, -0.05) is 20.4 Å². The van der Waals surface area contributed by atoms with E-state index >= 15 is 0 Å². The van der Waals surface area contributed by atoms with Crippen LogP contribution in [-0.2, 0) is 9.53 Å². The minimum atomic E-state index is -0.201. The van der Waals surface area contributed by atoms with Crippen molar-refractivity contribution in [1.82, 2.24) is 0 Å². The lowest BCUT2D eigenvalue weighted by molar-refractivity contribution is -0.142. The number of hydrogen-bond donors (Lipinski definition) is 0. The Morgan fingerprint density at radius 2 is 2.44 bits per heavy atom. The van der Waals surface area contributed by atoms with Crippen LogP contribution in [0.25, 0.3) is 0 Å². The first-order chi connectivity index (χ1) is 4.22. The lowest BCUT2D eigenvalue weighted by Crippen LogP contribution is -2.10. The standard InChI is InChI=1S/C7H12O2/c1-4-6(3)7(8)9-5-2/h5-6H,2,4H2,1,3H3/t6-/m1/s1. The number of rotatable bonds is 3. The average Bonchev–Trinajstić information content (AvgIpc) is 1.87. The fraction of sp³-hybridized carbons (Fsp3) is 0.571. The fourth-order valence-electron chi connectivity index (χ4n) is 0.365. The van der Waals surface area contributed by atoms with Crippen molar-refractivity contribution in [2.45, 2.75) is 20.3 Å². The third-order valence-corrected chi connectivity index (χ3v) is 1.21. The summed E-state index contributed by atoms with van der Waals surface area (Å²) in [6, 6.07) is 0. The molecular formula is C7H12O2. The number of carbonyl (C=O) groups excluding carboxylic acids is 1. The van der Waals surface area contributed by atoms with Gasteiger partial charge in [-0.15, -0.1) is 0 Å². The van der Waals surface area contributed by atoms with Crippen molar-refractivity contribution >= 4 is 5.97 Å². The van der Waals surface area contributed by atoms with E-state index in [4.69, 9.17) is 0 Å². The zero-order valence-corrected chi connectivity index (χ0v) is 5.89. The summed E-state index contributed by atoms with van der Waals surface area (Å²) in [7, 11) is 0. The van der Waals surface area contributed by atoms with Gasteiger partial charge in [0.25, 0.3) is 0 Å². The van der Waals surface area contributed by atoms with E-state index in [9.17, 15) is 4.79 Å². The van der Waals surface area contributed by atoms with Crippen LogP contribution in [0.4, 0.5) is 0 Å². The molecule has 0 amide bonds. The predicted octanol–water partition coefficient (Wildman–Crippen LogP) is 1.72. The molecule has 2 nitrogen and oxygen atoms in total. The molecule has 0 aromatic rings. The Bertz CT molecular complexity index is 107. The van der Waals surface area contributed by atoms with Gasteiger partial charge >= 0.3 is 5.97 Å². The summed E-state index contributed by atoms with van der Waals surface area (Å²) >= 11 is 0. The molecule has 2 heteroatoms. The number of ether oxygens (including phenoxy) is 1. The molecule has 0 spiro atoms. The molecule has 1 atom stereocenters. The summed E-state index contributed by atoms with van der Waals surface area (Å²) in [5.41, 5.74) is 0. The van der Waals surface area contributed by atoms with Crippen molar-refractivity contribution < 1.29 is 9.53 Å². The Kier molecular flexibility index (Phi) is 3.76. The third kappa shape index (κ3) is 2.90. The van der Waals surface area contributed by atoms with Gasteiger partial charge in [0, 0.05) is 0 Å². The molecular weight excluding hydrogens is 116 g/mol. The maximum atomic E-state index is 10.7. The van der Waals surface area contributed by atoms with Crippen LogP contribution in [0.1, 0.15) is 20.3 Å². The molecule has 0 rings (SSSR count). The van der Waals surface area contributed by atoms with E-state index < -0.39 is 0 Å². The molecule has 0 aliphatic rings. The summed E-state index contributed by atoms with van der Waals surface area (Å²) in [5, 5.41) is 0. The monoisotopic (exact) mass is 128 g/mol. The highest BCUT2D eigenvalue weighted by Crippen LogP contribution is 2.02. The van der Waals surface area contributed by atoms with Crippen molar-refractivity contribution in [2.75, 3.05) is 0 Å². The normalized spacial score (nSPS) is 12.2. The van der Waals surface area contributed by atoms with E-state index in [1.54, 1.807) is 0 Å². The summed E-state index contributed by atoms with van der Waals surface area (Å²) in [5.74, 6) is -0.213. The van der Waals surface area contributed by atoms with E-state index in [1.807, 2.05) is 13.8 Å². The van der Waals surface area contributed by atoms with E-state index in [2.05, 4.69) is 11.3 Å². The Balaban J connectivity index is 3.58. The maximum absolute atomic E-state index is 10.7. The van der Waals surface area contributed by atoms with Crippen molar-refractivity contribution in [2.24, 2.45) is 5.92 Å². The Labute approximate surface area is 55.5 Å². The molecule has 0 bridgehead atoms. The lowest BCUT2D eigenvalue weighted by Gasteiger charge is -2.03. The zero-order valence-electron chi connectivity index (χ0n) is 5.89. The first-order valence-corrected chi connectivity index (χ1v) is 3.03. The quantitative estimate of drug-likeness (QED) is 0.427. The molecule has 0 aliphatic heterocycles. The van der Waals surface area contributed by atoms with Crippen LogP contribution in [0.3, 0.4) is 0 Å². The van der Waals surface area contributed by atoms with Gasteiger partial charge in [-0.3, -0.25) is 4.79 Å². The molecule has 0 saturated carbocycles. The smallest absolute Gasteiger partial charge is 0.313 e. The second kappa shape index (κ2) is 4.13. The predicted molar refractivity (Wildman–Crippen MR) is 35.7 cm³/mol. The molecule has 9 heavy (non-hydrogen) atoms. The Morgan fingerprint density at radius 3 is 2.78 bits per heavy atom. The minimum Gasteiger partial charge on any atom is -0.435 e. The van der Waals surface area contributed by atoms with Gasteiger partial charge in [0.05, 0.1) is 12.2 Å². The van der Waals surface area contributed by atoms with E-state index in [0.717, 1.165) is 12.7 Å². The fourth-order valence-corrected chi connectivity index (χ4v) is 0.365. The molecule has 0 heterocycles. The molecule has 52 valence electrons. The second-order valence-corrected chi connectivity index (χ2v) is 1.91. The van der Waals surface area contributed by atoms with Gasteiger partial charge in [-0.2, -0.15) is 0 Å².